The Morgan fingerprint density at radius 2 is 1.94 bits per heavy atom. The van der Waals surface area contributed by atoms with E-state index in [-0.39, 0.29) is 28.4 Å². The highest BCUT2D eigenvalue weighted by Gasteiger charge is 2.41. The predicted octanol–water partition coefficient (Wildman–Crippen LogP) is 3.47. The van der Waals surface area contributed by atoms with Gasteiger partial charge in [0.25, 0.3) is 5.91 Å². The minimum absolute atomic E-state index is 0.0459. The summed E-state index contributed by atoms with van der Waals surface area (Å²) < 4.78 is 40.9. The summed E-state index contributed by atoms with van der Waals surface area (Å²) in [5.41, 5.74) is -0.548. The predicted molar refractivity (Wildman–Crippen MR) is 111 cm³/mol. The maximum Gasteiger partial charge on any atom is 0.435 e. The second-order valence-corrected chi connectivity index (χ2v) is 8.47. The number of phenolic OH excluding ortho intramolecular Hbond substituents is 1. The molecule has 2 fully saturated rings. The van der Waals surface area contributed by atoms with Gasteiger partial charge in [0.05, 0.1) is 16.6 Å². The molecule has 7 nitrogen and oxygen atoms in total. The fraction of sp³-hybridized carbons (Fsp3) is 0.409. The van der Waals surface area contributed by atoms with Gasteiger partial charge in [-0.3, -0.25) is 9.89 Å². The number of carbonyl (C=O) groups is 1. The molecular weight excluding hydrogens is 423 g/mol. The second-order valence-electron chi connectivity index (χ2n) is 8.47. The summed E-state index contributed by atoms with van der Waals surface area (Å²) in [5.74, 6) is 0.322. The number of halogens is 3. The first kappa shape index (κ1) is 20.7. The van der Waals surface area contributed by atoms with Crippen LogP contribution in [0, 0.1) is 11.8 Å². The number of rotatable bonds is 3. The first-order chi connectivity index (χ1) is 15.3. The normalized spacial score (nSPS) is 23.3. The van der Waals surface area contributed by atoms with E-state index in [9.17, 15) is 23.1 Å². The lowest BCUT2D eigenvalue weighted by Gasteiger charge is -2.40. The second kappa shape index (κ2) is 7.77. The van der Waals surface area contributed by atoms with Crippen molar-refractivity contribution >= 4 is 16.9 Å². The Morgan fingerprint density at radius 1 is 1.16 bits per heavy atom. The molecule has 0 bridgehead atoms. The van der Waals surface area contributed by atoms with Gasteiger partial charge in [-0.15, -0.1) is 0 Å². The third-order valence-corrected chi connectivity index (χ3v) is 6.57. The molecule has 3 heterocycles. The Balaban J connectivity index is 1.57. The lowest BCUT2D eigenvalue weighted by atomic mass is 9.69. The number of hydrogen-bond acceptors (Lipinski definition) is 5. The van der Waals surface area contributed by atoms with E-state index in [2.05, 4.69) is 25.8 Å². The lowest BCUT2D eigenvalue weighted by molar-refractivity contribution is -0.139. The van der Waals surface area contributed by atoms with Gasteiger partial charge in [0, 0.05) is 18.2 Å². The zero-order valence-corrected chi connectivity index (χ0v) is 17.0. The van der Waals surface area contributed by atoms with E-state index in [1.54, 1.807) is 12.1 Å². The van der Waals surface area contributed by atoms with Gasteiger partial charge in [-0.1, -0.05) is 0 Å². The first-order valence-corrected chi connectivity index (χ1v) is 10.6. The molecule has 1 amide bonds. The molecule has 3 aromatic rings. The molecule has 1 saturated carbocycles. The highest BCUT2D eigenvalue weighted by Crippen LogP contribution is 2.40. The number of amides is 1. The van der Waals surface area contributed by atoms with Crippen LogP contribution in [-0.4, -0.2) is 45.3 Å². The summed E-state index contributed by atoms with van der Waals surface area (Å²) in [5, 5.41) is 21.2. The van der Waals surface area contributed by atoms with Gasteiger partial charge in [0.1, 0.15) is 5.75 Å². The highest BCUT2D eigenvalue weighted by molar-refractivity contribution is 6.07. The van der Waals surface area contributed by atoms with Crippen molar-refractivity contribution < 1.29 is 23.1 Å². The number of hydrogen-bond donors (Lipinski definition) is 4. The number of nitrogens with one attached hydrogen (secondary N) is 3. The third-order valence-electron chi connectivity index (χ3n) is 6.57. The molecule has 0 spiro atoms. The van der Waals surface area contributed by atoms with Crippen LogP contribution >= 0.6 is 0 Å². The molecule has 1 saturated heterocycles. The number of fused-ring (bicyclic) bond motifs is 2. The topological polar surface area (TPSA) is 103 Å². The molecule has 2 aliphatic rings. The molecule has 5 rings (SSSR count). The van der Waals surface area contributed by atoms with Crippen molar-refractivity contribution in [2.24, 2.45) is 11.8 Å². The van der Waals surface area contributed by atoms with Gasteiger partial charge < -0.3 is 15.7 Å². The fourth-order valence-corrected chi connectivity index (χ4v) is 4.78. The number of phenols is 1. The van der Waals surface area contributed by atoms with Crippen LogP contribution in [0.4, 0.5) is 13.2 Å². The fourth-order valence-electron chi connectivity index (χ4n) is 4.78. The molecule has 4 N–H and O–H groups in total. The molecule has 1 aliphatic heterocycles. The van der Waals surface area contributed by atoms with E-state index in [0.717, 1.165) is 25.8 Å². The van der Waals surface area contributed by atoms with Gasteiger partial charge in [0.2, 0.25) is 0 Å². The van der Waals surface area contributed by atoms with E-state index in [1.807, 2.05) is 0 Å². The Morgan fingerprint density at radius 3 is 2.62 bits per heavy atom. The molecular formula is C22H22F3N5O2. The van der Waals surface area contributed by atoms with E-state index < -0.39 is 17.8 Å². The van der Waals surface area contributed by atoms with Gasteiger partial charge in [-0.25, -0.2) is 4.98 Å². The van der Waals surface area contributed by atoms with Crippen molar-refractivity contribution in [2.75, 3.05) is 13.1 Å². The molecule has 1 aliphatic carbocycles. The largest absolute Gasteiger partial charge is 0.508 e. The van der Waals surface area contributed by atoms with Crippen molar-refractivity contribution in [1.82, 2.24) is 25.8 Å². The number of alkyl halides is 3. The Hall–Kier alpha value is -3.14. The Labute approximate surface area is 181 Å². The molecule has 168 valence electrons. The lowest BCUT2D eigenvalue weighted by Crippen LogP contribution is -2.49. The number of nitrogens with zero attached hydrogens (tertiary/aromatic N) is 2. The maximum atomic E-state index is 13.6. The van der Waals surface area contributed by atoms with Gasteiger partial charge in [0.15, 0.2) is 11.3 Å². The van der Waals surface area contributed by atoms with Crippen LogP contribution in [0.25, 0.3) is 22.3 Å². The average Bonchev–Trinajstić information content (AvgIpc) is 3.11. The summed E-state index contributed by atoms with van der Waals surface area (Å²) in [6.07, 6.45) is -1.58. The van der Waals surface area contributed by atoms with Crippen LogP contribution in [-0.2, 0) is 6.18 Å². The van der Waals surface area contributed by atoms with Crippen molar-refractivity contribution in [3.8, 4) is 17.0 Å². The van der Waals surface area contributed by atoms with Crippen molar-refractivity contribution in [2.45, 2.75) is 31.5 Å². The minimum Gasteiger partial charge on any atom is -0.508 e. The van der Waals surface area contributed by atoms with Crippen LogP contribution < -0.4 is 10.6 Å². The van der Waals surface area contributed by atoms with Crippen LogP contribution in [0.5, 0.6) is 5.75 Å². The van der Waals surface area contributed by atoms with Gasteiger partial charge in [-0.05, 0) is 68.0 Å². The SMILES string of the molecule is O=C(N[C@@H]1CNCCC2CC[C@H]21)c1cc(-c2ccc(O)cc2)nc2[nH]nc(C(F)(F)F)c12. The number of pyridine rings is 1. The van der Waals surface area contributed by atoms with Crippen LogP contribution in [0.15, 0.2) is 30.3 Å². The monoisotopic (exact) mass is 445 g/mol. The summed E-state index contributed by atoms with van der Waals surface area (Å²) in [6.45, 7) is 1.46. The van der Waals surface area contributed by atoms with Crippen LogP contribution in [0.1, 0.15) is 35.3 Å². The Kier molecular flexibility index (Phi) is 5.04. The van der Waals surface area contributed by atoms with E-state index in [0.29, 0.717) is 29.6 Å². The minimum atomic E-state index is -4.74. The van der Waals surface area contributed by atoms with E-state index in [4.69, 9.17) is 0 Å². The zero-order valence-electron chi connectivity index (χ0n) is 17.0. The number of aromatic amines is 1. The van der Waals surface area contributed by atoms with E-state index in [1.165, 1.54) is 18.2 Å². The summed E-state index contributed by atoms with van der Waals surface area (Å²) in [6, 6.07) is 7.27. The maximum absolute atomic E-state index is 13.6. The van der Waals surface area contributed by atoms with Crippen LogP contribution in [0.2, 0.25) is 0 Å². The van der Waals surface area contributed by atoms with Gasteiger partial charge in [-0.2, -0.15) is 18.3 Å². The van der Waals surface area contributed by atoms with Crippen molar-refractivity contribution in [3.05, 3.63) is 41.6 Å². The van der Waals surface area contributed by atoms with Crippen molar-refractivity contribution in [3.63, 3.8) is 0 Å². The Bertz CT molecular complexity index is 1160. The molecule has 2 aromatic heterocycles. The number of aromatic nitrogens is 3. The molecule has 1 aromatic carbocycles. The number of carbonyl (C=O) groups excluding carboxylic acids is 1. The molecule has 1 unspecified atom stereocenters. The zero-order chi connectivity index (χ0) is 22.5. The average molecular weight is 445 g/mol. The summed E-state index contributed by atoms with van der Waals surface area (Å²) in [4.78, 5) is 17.6. The van der Waals surface area contributed by atoms with Gasteiger partial charge >= 0.3 is 6.18 Å². The highest BCUT2D eigenvalue weighted by atomic mass is 19.4. The number of H-pyrrole nitrogens is 1. The molecule has 10 heteroatoms. The van der Waals surface area contributed by atoms with Crippen LogP contribution in [0.3, 0.4) is 0 Å². The molecule has 0 radical (unpaired) electrons. The number of aromatic hydroxyl groups is 1. The third kappa shape index (κ3) is 3.68. The smallest absolute Gasteiger partial charge is 0.435 e. The number of benzene rings is 1. The molecule has 32 heavy (non-hydrogen) atoms. The molecule has 3 atom stereocenters. The summed E-state index contributed by atoms with van der Waals surface area (Å²) in [7, 11) is 0. The quantitative estimate of drug-likeness (QED) is 0.495. The first-order valence-electron chi connectivity index (χ1n) is 10.6. The summed E-state index contributed by atoms with van der Waals surface area (Å²) >= 11 is 0. The standard InChI is InChI=1S/C22H22F3N5O2/c23-22(24,25)19-18-15(21(32)28-17-10-26-8-7-11-3-6-14(11)17)9-16(27-20(18)30-29-19)12-1-4-13(31)5-2-12/h1-2,4-5,9,11,14,17,26,31H,3,6-8,10H2,(H,28,32)(H,27,29,30)/t11?,14-,17-/m1/s1. The van der Waals surface area contributed by atoms with E-state index >= 15 is 0 Å². The van der Waals surface area contributed by atoms with Crippen molar-refractivity contribution in [1.29, 1.82) is 0 Å².